The van der Waals surface area contributed by atoms with E-state index in [2.05, 4.69) is 0 Å². The fourth-order valence-electron chi connectivity index (χ4n) is 3.49. The van der Waals surface area contributed by atoms with Gasteiger partial charge in [-0.3, -0.25) is 9.59 Å². The molecule has 0 saturated heterocycles. The van der Waals surface area contributed by atoms with Gasteiger partial charge in [-0.05, 0) is 48.7 Å². The Morgan fingerprint density at radius 3 is 2.50 bits per heavy atom. The van der Waals surface area contributed by atoms with Crippen molar-refractivity contribution >= 4 is 21.9 Å². The molecule has 2 aromatic carbocycles. The lowest BCUT2D eigenvalue weighted by Gasteiger charge is -2.23. The Morgan fingerprint density at radius 1 is 1.17 bits per heavy atom. The van der Waals surface area contributed by atoms with Crippen LogP contribution in [0, 0.1) is 18.3 Å². The topological polar surface area (TPSA) is 105 Å². The number of nitriles is 1. The molecular formula is C22H22N2O5S. The maximum atomic E-state index is 13.3. The van der Waals surface area contributed by atoms with Gasteiger partial charge in [-0.1, -0.05) is 31.5 Å². The summed E-state index contributed by atoms with van der Waals surface area (Å²) >= 11 is 0. The summed E-state index contributed by atoms with van der Waals surface area (Å²) in [5.74, 6) is -1.31. The molecule has 1 aliphatic heterocycles. The van der Waals surface area contributed by atoms with Gasteiger partial charge in [0.05, 0.1) is 35.6 Å². The zero-order chi connectivity index (χ0) is 21.9. The minimum Gasteiger partial charge on any atom is -0.466 e. The van der Waals surface area contributed by atoms with E-state index in [1.54, 1.807) is 25.1 Å². The van der Waals surface area contributed by atoms with Gasteiger partial charge in [-0.15, -0.1) is 0 Å². The number of hydrogen-bond acceptors (Lipinski definition) is 6. The highest BCUT2D eigenvalue weighted by atomic mass is 32.2. The second-order valence-electron chi connectivity index (χ2n) is 7.08. The quantitative estimate of drug-likeness (QED) is 0.517. The van der Waals surface area contributed by atoms with Gasteiger partial charge >= 0.3 is 5.97 Å². The summed E-state index contributed by atoms with van der Waals surface area (Å²) in [6.45, 7) is 3.87. The number of unbranched alkanes of at least 4 members (excludes halogenated alkanes) is 1. The Hall–Kier alpha value is -3.18. The minimum atomic E-state index is -4.15. The molecule has 0 bridgehead atoms. The number of fused-ring (bicyclic) bond motifs is 1. The summed E-state index contributed by atoms with van der Waals surface area (Å²) < 4.78 is 32.6. The molecule has 1 aliphatic rings. The van der Waals surface area contributed by atoms with Gasteiger partial charge in [0.25, 0.3) is 15.9 Å². The van der Waals surface area contributed by atoms with Crippen LogP contribution >= 0.6 is 0 Å². The van der Waals surface area contributed by atoms with E-state index in [1.165, 1.54) is 24.3 Å². The van der Waals surface area contributed by atoms with Crippen molar-refractivity contribution in [3.05, 3.63) is 64.7 Å². The van der Waals surface area contributed by atoms with Gasteiger partial charge in [0.1, 0.15) is 0 Å². The van der Waals surface area contributed by atoms with Crippen LogP contribution < -0.4 is 0 Å². The molecule has 0 radical (unpaired) electrons. The smallest absolute Gasteiger partial charge is 0.308 e. The standard InChI is InChI=1S/C22H22N2O5S/c1-3-4-12-29-20(25)13-19-18-7-5-6-15(2)21(18)30(27,28)24(19)22(26)17-10-8-16(14-23)9-11-17/h5-11,19H,3-4,12-13H2,1-2H3. The SMILES string of the molecule is CCCCOC(=O)CC1c2cccc(C)c2S(=O)(=O)N1C(=O)c1ccc(C#N)cc1. The number of rotatable bonds is 6. The third-order valence-electron chi connectivity index (χ3n) is 4.98. The highest BCUT2D eigenvalue weighted by Crippen LogP contribution is 2.43. The number of nitrogens with zero attached hydrogens (tertiary/aromatic N) is 2. The number of carbonyl (C=O) groups excluding carboxylic acids is 2. The summed E-state index contributed by atoms with van der Waals surface area (Å²) in [5, 5.41) is 8.95. The van der Waals surface area contributed by atoms with E-state index in [-0.39, 0.29) is 23.5 Å². The second-order valence-corrected chi connectivity index (χ2v) is 8.83. The van der Waals surface area contributed by atoms with Crippen molar-refractivity contribution in [3.8, 4) is 6.07 Å². The Balaban J connectivity index is 2.01. The zero-order valence-corrected chi connectivity index (χ0v) is 17.6. The van der Waals surface area contributed by atoms with E-state index < -0.39 is 27.9 Å². The van der Waals surface area contributed by atoms with Crippen molar-refractivity contribution in [2.45, 2.75) is 44.0 Å². The van der Waals surface area contributed by atoms with E-state index in [1.807, 2.05) is 13.0 Å². The van der Waals surface area contributed by atoms with Crippen LogP contribution in [-0.2, 0) is 19.6 Å². The molecule has 0 spiro atoms. The maximum Gasteiger partial charge on any atom is 0.308 e. The van der Waals surface area contributed by atoms with Gasteiger partial charge < -0.3 is 4.74 Å². The molecule has 2 aromatic rings. The summed E-state index contributed by atoms with van der Waals surface area (Å²) in [4.78, 5) is 25.6. The molecule has 156 valence electrons. The van der Waals surface area contributed by atoms with Gasteiger partial charge in [-0.25, -0.2) is 12.7 Å². The highest BCUT2D eigenvalue weighted by molar-refractivity contribution is 7.90. The average molecular weight is 426 g/mol. The third kappa shape index (κ3) is 3.94. The number of esters is 1. The first-order valence-corrected chi connectivity index (χ1v) is 11.1. The lowest BCUT2D eigenvalue weighted by atomic mass is 10.0. The number of benzene rings is 2. The van der Waals surface area contributed by atoms with Gasteiger partial charge in [0.2, 0.25) is 0 Å². The highest BCUT2D eigenvalue weighted by Gasteiger charge is 2.47. The van der Waals surface area contributed by atoms with Crippen molar-refractivity contribution in [3.63, 3.8) is 0 Å². The molecule has 0 aliphatic carbocycles. The van der Waals surface area contributed by atoms with E-state index in [0.717, 1.165) is 10.7 Å². The van der Waals surface area contributed by atoms with Crippen LogP contribution in [0.1, 0.15) is 59.3 Å². The van der Waals surface area contributed by atoms with Crippen LogP contribution in [-0.4, -0.2) is 31.2 Å². The fourth-order valence-corrected chi connectivity index (χ4v) is 5.51. The second kappa shape index (κ2) is 8.67. The Morgan fingerprint density at radius 2 is 1.87 bits per heavy atom. The zero-order valence-electron chi connectivity index (χ0n) is 16.8. The predicted octanol–water partition coefficient (Wildman–Crippen LogP) is 3.49. The number of carbonyl (C=O) groups is 2. The first kappa shape index (κ1) is 21.5. The first-order chi connectivity index (χ1) is 14.3. The molecule has 1 amide bonds. The van der Waals surface area contributed by atoms with Crippen molar-refractivity contribution < 1.29 is 22.7 Å². The van der Waals surface area contributed by atoms with E-state index in [0.29, 0.717) is 23.1 Å². The molecule has 0 N–H and O–H groups in total. The molecule has 7 nitrogen and oxygen atoms in total. The molecule has 1 heterocycles. The lowest BCUT2D eigenvalue weighted by Crippen LogP contribution is -2.36. The predicted molar refractivity (Wildman–Crippen MR) is 109 cm³/mol. The molecular weight excluding hydrogens is 404 g/mol. The molecule has 0 saturated carbocycles. The van der Waals surface area contributed by atoms with Crippen LogP contribution in [0.5, 0.6) is 0 Å². The summed E-state index contributed by atoms with van der Waals surface area (Å²) in [5.41, 5.74) is 1.38. The Kier molecular flexibility index (Phi) is 6.22. The van der Waals surface area contributed by atoms with Crippen LogP contribution in [0.15, 0.2) is 47.4 Å². The van der Waals surface area contributed by atoms with Crippen LogP contribution in [0.4, 0.5) is 0 Å². The maximum absolute atomic E-state index is 13.3. The average Bonchev–Trinajstić information content (AvgIpc) is 2.95. The van der Waals surface area contributed by atoms with Crippen molar-refractivity contribution in [1.82, 2.24) is 4.31 Å². The molecule has 30 heavy (non-hydrogen) atoms. The summed E-state index contributed by atoms with van der Waals surface area (Å²) in [6.07, 6.45) is 1.30. The molecule has 0 fully saturated rings. The van der Waals surface area contributed by atoms with Gasteiger partial charge in [0.15, 0.2) is 0 Å². The summed E-state index contributed by atoms with van der Waals surface area (Å²) in [7, 11) is -4.15. The largest absolute Gasteiger partial charge is 0.466 e. The van der Waals surface area contributed by atoms with Gasteiger partial charge in [-0.2, -0.15) is 5.26 Å². The molecule has 3 rings (SSSR count). The number of aryl methyl sites for hydroxylation is 1. The number of hydrogen-bond donors (Lipinski definition) is 0. The van der Waals surface area contributed by atoms with Crippen LogP contribution in [0.25, 0.3) is 0 Å². The van der Waals surface area contributed by atoms with Gasteiger partial charge in [0, 0.05) is 5.56 Å². The van der Waals surface area contributed by atoms with E-state index in [4.69, 9.17) is 10.00 Å². The lowest BCUT2D eigenvalue weighted by molar-refractivity contribution is -0.144. The number of amides is 1. The summed E-state index contributed by atoms with van der Waals surface area (Å²) in [6, 6.07) is 11.7. The normalized spacial score (nSPS) is 16.6. The third-order valence-corrected chi connectivity index (χ3v) is 7.00. The van der Waals surface area contributed by atoms with E-state index >= 15 is 0 Å². The fraction of sp³-hybridized carbons (Fsp3) is 0.318. The molecule has 1 atom stereocenters. The van der Waals surface area contributed by atoms with Crippen molar-refractivity contribution in [2.75, 3.05) is 6.61 Å². The Bertz CT molecular complexity index is 1120. The van der Waals surface area contributed by atoms with Crippen molar-refractivity contribution in [2.24, 2.45) is 0 Å². The molecule has 0 aromatic heterocycles. The molecule has 1 unspecified atom stereocenters. The van der Waals surface area contributed by atoms with Crippen molar-refractivity contribution in [1.29, 1.82) is 5.26 Å². The first-order valence-electron chi connectivity index (χ1n) is 9.65. The van der Waals surface area contributed by atoms with Crippen LogP contribution in [0.3, 0.4) is 0 Å². The monoisotopic (exact) mass is 426 g/mol. The van der Waals surface area contributed by atoms with Crippen LogP contribution in [0.2, 0.25) is 0 Å². The van der Waals surface area contributed by atoms with E-state index in [9.17, 15) is 18.0 Å². The Labute approximate surface area is 175 Å². The minimum absolute atomic E-state index is 0.0540. The number of sulfonamides is 1. The number of ether oxygens (including phenoxy) is 1. The molecule has 8 heteroatoms.